The predicted octanol–water partition coefficient (Wildman–Crippen LogP) is 3.75. The lowest BCUT2D eigenvalue weighted by Gasteiger charge is -2.34. The van der Waals surface area contributed by atoms with Crippen molar-refractivity contribution >= 4 is 21.8 Å². The Morgan fingerprint density at radius 1 is 1.13 bits per heavy atom. The number of rotatable bonds is 5. The van der Waals surface area contributed by atoms with Gasteiger partial charge in [0.05, 0.1) is 12.0 Å². The molecule has 4 rings (SSSR count). The van der Waals surface area contributed by atoms with Crippen molar-refractivity contribution in [3.63, 3.8) is 0 Å². The van der Waals surface area contributed by atoms with E-state index in [-0.39, 0.29) is 22.8 Å². The van der Waals surface area contributed by atoms with E-state index in [0.29, 0.717) is 30.4 Å². The van der Waals surface area contributed by atoms with Crippen LogP contribution in [0.15, 0.2) is 63.9 Å². The van der Waals surface area contributed by atoms with Gasteiger partial charge in [0, 0.05) is 18.7 Å². The summed E-state index contributed by atoms with van der Waals surface area (Å²) in [4.78, 5) is 15.4. The van der Waals surface area contributed by atoms with Crippen molar-refractivity contribution in [3.8, 4) is 0 Å². The molecule has 2 unspecified atom stereocenters. The van der Waals surface area contributed by atoms with Crippen molar-refractivity contribution in [1.29, 1.82) is 0 Å². The van der Waals surface area contributed by atoms with Gasteiger partial charge in [-0.3, -0.25) is 4.79 Å². The highest BCUT2D eigenvalue weighted by Crippen LogP contribution is 2.30. The van der Waals surface area contributed by atoms with Crippen LogP contribution in [0.3, 0.4) is 0 Å². The first-order valence-corrected chi connectivity index (χ1v) is 12.3. The second-order valence-corrected chi connectivity index (χ2v) is 10.3. The smallest absolute Gasteiger partial charge is 0.285 e. The molecule has 1 fully saturated rings. The number of hydrogen-bond acceptors (Lipinski definition) is 4. The lowest BCUT2D eigenvalue weighted by atomic mass is 9.93. The number of benzene rings is 2. The first-order chi connectivity index (χ1) is 14.8. The summed E-state index contributed by atoms with van der Waals surface area (Å²) in [7, 11) is -3.66. The zero-order valence-electron chi connectivity index (χ0n) is 18.0. The maximum Gasteiger partial charge on any atom is 0.285 e. The van der Waals surface area contributed by atoms with Gasteiger partial charge < -0.3 is 10.2 Å². The van der Waals surface area contributed by atoms with Crippen molar-refractivity contribution in [1.82, 2.24) is 10.2 Å². The summed E-state index contributed by atoms with van der Waals surface area (Å²) in [5, 5.41) is 3.26. The number of nitrogens with zero attached hydrogens (tertiary/aromatic N) is 2. The number of fused-ring (bicyclic) bond motifs is 1. The molecule has 2 aliphatic rings. The number of likely N-dealkylation sites (tertiary alicyclic amines) is 1. The summed E-state index contributed by atoms with van der Waals surface area (Å²) in [6, 6.07) is 16.9. The molecule has 2 atom stereocenters. The van der Waals surface area contributed by atoms with Gasteiger partial charge in [0.1, 0.15) is 4.90 Å². The van der Waals surface area contributed by atoms with E-state index in [4.69, 9.17) is 0 Å². The molecule has 0 bridgehead atoms. The molecule has 2 aromatic carbocycles. The third kappa shape index (κ3) is 4.66. The van der Waals surface area contributed by atoms with E-state index >= 15 is 0 Å². The topological polar surface area (TPSA) is 78.8 Å². The molecule has 2 aliphatic heterocycles. The van der Waals surface area contributed by atoms with Gasteiger partial charge in [-0.15, -0.1) is 4.40 Å². The Hall–Kier alpha value is -2.67. The maximum absolute atomic E-state index is 13.2. The number of carbonyl (C=O) groups excluding carboxylic acids is 1. The number of carbonyl (C=O) groups is 1. The Balaban J connectivity index is 1.50. The molecular formula is C24H29N3O3S. The fraction of sp³-hybridized carbons (Fsp3) is 0.417. The molecule has 0 aliphatic carbocycles. The molecule has 31 heavy (non-hydrogen) atoms. The van der Waals surface area contributed by atoms with Gasteiger partial charge in [-0.2, -0.15) is 8.42 Å². The molecule has 0 radical (unpaired) electrons. The van der Waals surface area contributed by atoms with Gasteiger partial charge in [0.15, 0.2) is 5.84 Å². The second kappa shape index (κ2) is 8.83. The van der Waals surface area contributed by atoms with Crippen LogP contribution in [0.4, 0.5) is 0 Å². The molecule has 2 heterocycles. The molecule has 6 nitrogen and oxygen atoms in total. The number of nitrogens with one attached hydrogen (secondary N) is 1. The number of hydrogen-bond donors (Lipinski definition) is 1. The van der Waals surface area contributed by atoms with Crippen LogP contribution in [0.2, 0.25) is 0 Å². The van der Waals surface area contributed by atoms with Gasteiger partial charge in [0.25, 0.3) is 10.0 Å². The molecule has 0 spiro atoms. The molecule has 164 valence electrons. The highest BCUT2D eigenvalue weighted by Gasteiger charge is 2.35. The zero-order valence-corrected chi connectivity index (χ0v) is 18.8. The van der Waals surface area contributed by atoms with E-state index in [1.54, 1.807) is 18.2 Å². The van der Waals surface area contributed by atoms with Crippen LogP contribution in [0, 0.1) is 11.8 Å². The zero-order chi connectivity index (χ0) is 22.0. The molecule has 1 amide bonds. The van der Waals surface area contributed by atoms with Crippen molar-refractivity contribution in [3.05, 3.63) is 65.7 Å². The van der Waals surface area contributed by atoms with E-state index in [9.17, 15) is 13.2 Å². The number of sulfonamides is 1. The van der Waals surface area contributed by atoms with Gasteiger partial charge >= 0.3 is 0 Å². The van der Waals surface area contributed by atoms with Crippen LogP contribution >= 0.6 is 0 Å². The fourth-order valence-corrected chi connectivity index (χ4v) is 5.65. The minimum Gasteiger partial charge on any atom is -0.355 e. The largest absolute Gasteiger partial charge is 0.355 e. The lowest BCUT2D eigenvalue weighted by molar-refractivity contribution is -0.127. The molecule has 1 N–H and O–H groups in total. The Kier molecular flexibility index (Phi) is 6.14. The van der Waals surface area contributed by atoms with E-state index in [0.717, 1.165) is 24.8 Å². The van der Waals surface area contributed by atoms with Gasteiger partial charge in [-0.25, -0.2) is 0 Å². The first-order valence-electron chi connectivity index (χ1n) is 10.9. The minimum atomic E-state index is -3.66. The summed E-state index contributed by atoms with van der Waals surface area (Å²) >= 11 is 0. The van der Waals surface area contributed by atoms with Crippen LogP contribution in [-0.4, -0.2) is 38.2 Å². The molecule has 0 aromatic heterocycles. The standard InChI is InChI=1S/C24H29N3O3S/c1-17(2)15-21(18-9-4-3-5-10-18)25-24(28)19-11-8-14-27(16-19)23-20-12-6-7-13-22(20)31(29,30)26-23/h3-7,9-10,12-13,17,19,21H,8,11,14-16H2,1-2H3,(H,25,28). The Morgan fingerprint density at radius 3 is 2.58 bits per heavy atom. The summed E-state index contributed by atoms with van der Waals surface area (Å²) in [6.45, 7) is 5.47. The van der Waals surface area contributed by atoms with Crippen LogP contribution < -0.4 is 5.32 Å². The number of piperidine rings is 1. The summed E-state index contributed by atoms with van der Waals surface area (Å²) in [6.07, 6.45) is 2.47. The molecule has 2 aromatic rings. The minimum absolute atomic E-state index is 0.0222. The molecule has 0 saturated carbocycles. The Labute approximate surface area is 184 Å². The maximum atomic E-state index is 13.2. The average Bonchev–Trinajstić information content (AvgIpc) is 3.05. The highest BCUT2D eigenvalue weighted by molar-refractivity contribution is 7.90. The van der Waals surface area contributed by atoms with Crippen LogP contribution in [0.1, 0.15) is 50.3 Å². The van der Waals surface area contributed by atoms with Gasteiger partial charge in [-0.1, -0.05) is 56.3 Å². The summed E-state index contributed by atoms with van der Waals surface area (Å²) in [5.41, 5.74) is 1.74. The van der Waals surface area contributed by atoms with E-state index in [1.165, 1.54) is 0 Å². The lowest BCUT2D eigenvalue weighted by Crippen LogP contribution is -2.46. The first kappa shape index (κ1) is 21.6. The van der Waals surface area contributed by atoms with Crippen molar-refractivity contribution < 1.29 is 13.2 Å². The van der Waals surface area contributed by atoms with Crippen molar-refractivity contribution in [2.24, 2.45) is 16.2 Å². The summed E-state index contributed by atoms with van der Waals surface area (Å²) < 4.78 is 28.9. The molecule has 7 heteroatoms. The normalized spacial score (nSPS) is 20.8. The van der Waals surface area contributed by atoms with Crippen molar-refractivity contribution in [2.75, 3.05) is 13.1 Å². The number of amidine groups is 1. The Morgan fingerprint density at radius 2 is 1.84 bits per heavy atom. The monoisotopic (exact) mass is 439 g/mol. The molecule has 1 saturated heterocycles. The Bertz CT molecular complexity index is 1080. The SMILES string of the molecule is CC(C)CC(NC(=O)C1CCCN(C2=NS(=O)(=O)c3ccccc32)C1)c1ccccc1. The third-order valence-corrected chi connectivity index (χ3v) is 7.25. The quantitative estimate of drug-likeness (QED) is 0.770. The van der Waals surface area contributed by atoms with E-state index in [1.807, 2.05) is 29.2 Å². The van der Waals surface area contributed by atoms with Gasteiger partial charge in [0.2, 0.25) is 5.91 Å². The van der Waals surface area contributed by atoms with Gasteiger partial charge in [-0.05, 0) is 42.9 Å². The van der Waals surface area contributed by atoms with E-state index in [2.05, 4.69) is 35.7 Å². The second-order valence-electron chi connectivity index (χ2n) is 8.77. The average molecular weight is 440 g/mol. The van der Waals surface area contributed by atoms with Crippen LogP contribution in [-0.2, 0) is 14.8 Å². The van der Waals surface area contributed by atoms with Crippen LogP contribution in [0.25, 0.3) is 0 Å². The highest BCUT2D eigenvalue weighted by atomic mass is 32.2. The molecular weight excluding hydrogens is 410 g/mol. The van der Waals surface area contributed by atoms with Crippen molar-refractivity contribution in [2.45, 2.75) is 44.0 Å². The summed E-state index contributed by atoms with van der Waals surface area (Å²) in [5.74, 6) is 0.733. The van der Waals surface area contributed by atoms with E-state index < -0.39 is 10.0 Å². The fourth-order valence-electron chi connectivity index (χ4n) is 4.42. The predicted molar refractivity (Wildman–Crippen MR) is 121 cm³/mol. The number of amides is 1. The van der Waals surface area contributed by atoms with Crippen LogP contribution in [0.5, 0.6) is 0 Å². The third-order valence-electron chi connectivity index (χ3n) is 5.93.